The first-order chi connectivity index (χ1) is 10.6. The average molecular weight is 427 g/mol. The Morgan fingerprint density at radius 3 is 2.52 bits per heavy atom. The van der Waals surface area contributed by atoms with Crippen molar-refractivity contribution in [1.82, 2.24) is 20.8 Å². The predicted octanol–water partition coefficient (Wildman–Crippen LogP) is 3.06. The number of benzene rings is 1. The van der Waals surface area contributed by atoms with Gasteiger partial charge in [-0.1, -0.05) is 44.2 Å². The van der Waals surface area contributed by atoms with E-state index in [9.17, 15) is 0 Å². The summed E-state index contributed by atoms with van der Waals surface area (Å²) in [4.78, 5) is 4.58. The highest BCUT2D eigenvalue weighted by Gasteiger charge is 2.20. The van der Waals surface area contributed by atoms with Gasteiger partial charge in [-0.2, -0.15) is 5.10 Å². The SMILES string of the molecule is CCNC(=NCc1ccn[nH]1)NCC(C)(C)c1ccccc1.I. The summed E-state index contributed by atoms with van der Waals surface area (Å²) in [6.07, 6.45) is 1.74. The molecule has 0 aliphatic heterocycles. The average Bonchev–Trinajstić information content (AvgIpc) is 3.04. The Kier molecular flexibility index (Phi) is 8.08. The summed E-state index contributed by atoms with van der Waals surface area (Å²) in [5, 5.41) is 13.6. The lowest BCUT2D eigenvalue weighted by atomic mass is 9.85. The number of nitrogens with zero attached hydrogens (tertiary/aromatic N) is 2. The van der Waals surface area contributed by atoms with Crippen LogP contribution in [0, 0.1) is 0 Å². The monoisotopic (exact) mass is 427 g/mol. The molecule has 0 bridgehead atoms. The third kappa shape index (κ3) is 6.21. The van der Waals surface area contributed by atoms with Crippen molar-refractivity contribution in [2.24, 2.45) is 4.99 Å². The van der Waals surface area contributed by atoms with Crippen molar-refractivity contribution >= 4 is 29.9 Å². The fourth-order valence-electron chi connectivity index (χ4n) is 2.17. The van der Waals surface area contributed by atoms with Gasteiger partial charge in [-0.25, -0.2) is 4.99 Å². The lowest BCUT2D eigenvalue weighted by molar-refractivity contribution is 0.508. The van der Waals surface area contributed by atoms with Crippen molar-refractivity contribution in [3.63, 3.8) is 0 Å². The number of hydrogen-bond donors (Lipinski definition) is 3. The Hall–Kier alpha value is -1.57. The van der Waals surface area contributed by atoms with E-state index >= 15 is 0 Å². The third-order valence-corrected chi connectivity index (χ3v) is 3.56. The highest BCUT2D eigenvalue weighted by Crippen LogP contribution is 2.21. The number of aliphatic imine (C=N–C) groups is 1. The van der Waals surface area contributed by atoms with Crippen LogP contribution in [0.2, 0.25) is 0 Å². The maximum atomic E-state index is 4.58. The zero-order valence-corrected chi connectivity index (χ0v) is 16.3. The molecule has 3 N–H and O–H groups in total. The van der Waals surface area contributed by atoms with E-state index in [1.807, 2.05) is 12.1 Å². The van der Waals surface area contributed by atoms with Gasteiger partial charge in [0.1, 0.15) is 0 Å². The van der Waals surface area contributed by atoms with Crippen LogP contribution in [-0.2, 0) is 12.0 Å². The first kappa shape index (κ1) is 19.5. The molecule has 0 unspecified atom stereocenters. The molecule has 23 heavy (non-hydrogen) atoms. The van der Waals surface area contributed by atoms with E-state index in [0.29, 0.717) is 6.54 Å². The van der Waals surface area contributed by atoms with Crippen molar-refractivity contribution in [1.29, 1.82) is 0 Å². The topological polar surface area (TPSA) is 65.1 Å². The van der Waals surface area contributed by atoms with Crippen LogP contribution < -0.4 is 10.6 Å². The van der Waals surface area contributed by atoms with Gasteiger partial charge in [0.05, 0.1) is 12.2 Å². The summed E-state index contributed by atoms with van der Waals surface area (Å²) >= 11 is 0. The lowest BCUT2D eigenvalue weighted by Gasteiger charge is -2.26. The molecule has 0 fully saturated rings. The molecule has 0 spiro atoms. The van der Waals surface area contributed by atoms with Crippen LogP contribution in [-0.4, -0.2) is 29.2 Å². The number of nitrogens with one attached hydrogen (secondary N) is 3. The lowest BCUT2D eigenvalue weighted by Crippen LogP contribution is -2.43. The maximum Gasteiger partial charge on any atom is 0.191 e. The molecular weight excluding hydrogens is 401 g/mol. The van der Waals surface area contributed by atoms with E-state index in [-0.39, 0.29) is 29.4 Å². The van der Waals surface area contributed by atoms with Gasteiger partial charge in [0, 0.05) is 24.7 Å². The van der Waals surface area contributed by atoms with Gasteiger partial charge in [-0.05, 0) is 18.6 Å². The summed E-state index contributed by atoms with van der Waals surface area (Å²) in [6, 6.07) is 12.5. The minimum absolute atomic E-state index is 0. The van der Waals surface area contributed by atoms with Crippen molar-refractivity contribution in [2.45, 2.75) is 32.7 Å². The molecule has 6 heteroatoms. The van der Waals surface area contributed by atoms with Crippen LogP contribution >= 0.6 is 24.0 Å². The number of halogens is 1. The number of hydrogen-bond acceptors (Lipinski definition) is 2. The zero-order valence-electron chi connectivity index (χ0n) is 14.0. The standard InChI is InChI=1S/C17H25N5.HI/c1-4-18-16(19-12-15-10-11-21-22-15)20-13-17(2,3)14-8-6-5-7-9-14;/h5-11H,4,12-13H2,1-3H3,(H,21,22)(H2,18,19,20);1H. The van der Waals surface area contributed by atoms with Gasteiger partial charge in [0.15, 0.2) is 5.96 Å². The molecule has 0 aliphatic rings. The Labute approximate surface area is 155 Å². The molecule has 1 heterocycles. The second-order valence-electron chi connectivity index (χ2n) is 5.88. The van der Waals surface area contributed by atoms with Crippen LogP contribution in [0.5, 0.6) is 0 Å². The molecule has 126 valence electrons. The van der Waals surface area contributed by atoms with E-state index in [2.05, 4.69) is 70.9 Å². The van der Waals surface area contributed by atoms with Crippen molar-refractivity contribution in [2.75, 3.05) is 13.1 Å². The minimum atomic E-state index is 0. The smallest absolute Gasteiger partial charge is 0.191 e. The first-order valence-corrected chi connectivity index (χ1v) is 7.68. The summed E-state index contributed by atoms with van der Waals surface area (Å²) in [6.45, 7) is 8.75. The molecule has 1 aromatic carbocycles. The summed E-state index contributed by atoms with van der Waals surface area (Å²) in [5.74, 6) is 0.820. The van der Waals surface area contributed by atoms with E-state index in [4.69, 9.17) is 0 Å². The molecule has 2 rings (SSSR count). The molecular formula is C17H26IN5. The van der Waals surface area contributed by atoms with E-state index in [1.165, 1.54) is 5.56 Å². The van der Waals surface area contributed by atoms with Crippen LogP contribution in [0.3, 0.4) is 0 Å². The van der Waals surface area contributed by atoms with Gasteiger partial charge in [0.2, 0.25) is 0 Å². The molecule has 2 aromatic rings. The molecule has 5 nitrogen and oxygen atoms in total. The molecule has 0 aliphatic carbocycles. The van der Waals surface area contributed by atoms with E-state index in [1.54, 1.807) is 6.20 Å². The van der Waals surface area contributed by atoms with Gasteiger partial charge in [-0.15, -0.1) is 24.0 Å². The summed E-state index contributed by atoms with van der Waals surface area (Å²) in [5.41, 5.74) is 2.34. The van der Waals surface area contributed by atoms with Crippen molar-refractivity contribution in [3.8, 4) is 0 Å². The highest BCUT2D eigenvalue weighted by atomic mass is 127. The zero-order chi connectivity index (χ0) is 15.8. The van der Waals surface area contributed by atoms with Crippen LogP contribution in [0.4, 0.5) is 0 Å². The summed E-state index contributed by atoms with van der Waals surface area (Å²) in [7, 11) is 0. The Morgan fingerprint density at radius 1 is 1.17 bits per heavy atom. The largest absolute Gasteiger partial charge is 0.357 e. The molecule has 1 aromatic heterocycles. The normalized spacial score (nSPS) is 11.7. The van der Waals surface area contributed by atoms with Crippen LogP contribution in [0.25, 0.3) is 0 Å². The predicted molar refractivity (Wildman–Crippen MR) is 106 cm³/mol. The Balaban J connectivity index is 0.00000264. The van der Waals surface area contributed by atoms with Gasteiger partial charge >= 0.3 is 0 Å². The Morgan fingerprint density at radius 2 is 1.91 bits per heavy atom. The first-order valence-electron chi connectivity index (χ1n) is 7.68. The number of guanidine groups is 1. The van der Waals surface area contributed by atoms with Gasteiger partial charge in [-0.3, -0.25) is 5.10 Å². The number of rotatable bonds is 6. The van der Waals surface area contributed by atoms with E-state index in [0.717, 1.165) is 24.7 Å². The maximum absolute atomic E-state index is 4.58. The van der Waals surface area contributed by atoms with Crippen LogP contribution in [0.15, 0.2) is 47.6 Å². The molecule has 0 atom stereocenters. The summed E-state index contributed by atoms with van der Waals surface area (Å²) < 4.78 is 0. The molecule has 0 saturated carbocycles. The number of aromatic nitrogens is 2. The highest BCUT2D eigenvalue weighted by molar-refractivity contribution is 14.0. The molecule has 0 radical (unpaired) electrons. The second kappa shape index (κ2) is 9.54. The number of H-pyrrole nitrogens is 1. The number of aromatic amines is 1. The quantitative estimate of drug-likeness (QED) is 0.377. The van der Waals surface area contributed by atoms with Gasteiger partial charge in [0.25, 0.3) is 0 Å². The minimum Gasteiger partial charge on any atom is -0.357 e. The van der Waals surface area contributed by atoms with Gasteiger partial charge < -0.3 is 10.6 Å². The molecule has 0 amide bonds. The fourth-order valence-corrected chi connectivity index (χ4v) is 2.17. The third-order valence-electron chi connectivity index (χ3n) is 3.56. The fraction of sp³-hybridized carbons (Fsp3) is 0.412. The Bertz CT molecular complexity index is 578. The van der Waals surface area contributed by atoms with E-state index < -0.39 is 0 Å². The van der Waals surface area contributed by atoms with Crippen molar-refractivity contribution in [3.05, 3.63) is 53.9 Å². The molecule has 0 saturated heterocycles. The van der Waals surface area contributed by atoms with Crippen LogP contribution in [0.1, 0.15) is 32.0 Å². The second-order valence-corrected chi connectivity index (χ2v) is 5.88. The van der Waals surface area contributed by atoms with Crippen molar-refractivity contribution < 1.29 is 0 Å².